The van der Waals surface area contributed by atoms with Crippen LogP contribution in [0.4, 0.5) is 11.4 Å². The number of hydrogen-bond acceptors (Lipinski definition) is 2. The summed E-state index contributed by atoms with van der Waals surface area (Å²) < 4.78 is 0. The highest BCUT2D eigenvalue weighted by Crippen LogP contribution is 2.27. The van der Waals surface area contributed by atoms with E-state index in [9.17, 15) is 4.79 Å². The van der Waals surface area contributed by atoms with Crippen molar-refractivity contribution in [2.45, 2.75) is 19.8 Å². The van der Waals surface area contributed by atoms with Crippen molar-refractivity contribution in [3.63, 3.8) is 0 Å². The van der Waals surface area contributed by atoms with Crippen LogP contribution in [-0.4, -0.2) is 19.5 Å². The van der Waals surface area contributed by atoms with E-state index in [4.69, 9.17) is 0 Å². The van der Waals surface area contributed by atoms with E-state index in [1.165, 1.54) is 0 Å². The maximum absolute atomic E-state index is 12.8. The van der Waals surface area contributed by atoms with E-state index < -0.39 is 0 Å². The topological polar surface area (TPSA) is 32.3 Å². The van der Waals surface area contributed by atoms with Crippen molar-refractivity contribution >= 4 is 17.3 Å². The van der Waals surface area contributed by atoms with Gasteiger partial charge in [-0.15, -0.1) is 0 Å². The molecule has 108 valence electrons. The molecule has 1 aliphatic heterocycles. The largest absolute Gasteiger partial charge is 0.385 e. The number of fused-ring (bicyclic) bond motifs is 1. The summed E-state index contributed by atoms with van der Waals surface area (Å²) in [5, 5.41) is 3.37. The third-order valence-corrected chi connectivity index (χ3v) is 4.02. The van der Waals surface area contributed by atoms with Crippen LogP contribution < -0.4 is 10.2 Å². The molecule has 1 amide bonds. The molecule has 0 aromatic heterocycles. The van der Waals surface area contributed by atoms with E-state index in [1.807, 2.05) is 50.4 Å². The van der Waals surface area contributed by atoms with Gasteiger partial charge in [-0.3, -0.25) is 4.79 Å². The Morgan fingerprint density at radius 2 is 2.00 bits per heavy atom. The number of nitrogens with zero attached hydrogens (tertiary/aromatic N) is 1. The SMILES string of the molecule is Cc1cccc(N(C)C(=O)c2cccc3c2CCCN3)c1. The van der Waals surface area contributed by atoms with Crippen molar-refractivity contribution in [2.75, 3.05) is 23.8 Å². The number of aryl methyl sites for hydroxylation is 1. The highest BCUT2D eigenvalue weighted by molar-refractivity contribution is 6.07. The van der Waals surface area contributed by atoms with E-state index in [0.29, 0.717) is 0 Å². The van der Waals surface area contributed by atoms with Gasteiger partial charge in [-0.05, 0) is 55.2 Å². The first-order valence-electron chi connectivity index (χ1n) is 7.37. The smallest absolute Gasteiger partial charge is 0.258 e. The third-order valence-electron chi connectivity index (χ3n) is 4.02. The summed E-state index contributed by atoms with van der Waals surface area (Å²) in [5.74, 6) is 0.0566. The quantitative estimate of drug-likeness (QED) is 0.911. The Bertz CT molecular complexity index is 679. The van der Waals surface area contributed by atoms with Crippen LogP contribution in [0, 0.1) is 6.92 Å². The summed E-state index contributed by atoms with van der Waals surface area (Å²) >= 11 is 0. The molecule has 0 unspecified atom stereocenters. The Morgan fingerprint density at radius 1 is 1.19 bits per heavy atom. The molecule has 3 rings (SSSR count). The van der Waals surface area contributed by atoms with Crippen molar-refractivity contribution in [3.8, 4) is 0 Å². The molecule has 0 saturated carbocycles. The van der Waals surface area contributed by atoms with Gasteiger partial charge in [0.25, 0.3) is 5.91 Å². The fourth-order valence-corrected chi connectivity index (χ4v) is 2.84. The van der Waals surface area contributed by atoms with Crippen LogP contribution in [0.5, 0.6) is 0 Å². The predicted octanol–water partition coefficient (Wildman–Crippen LogP) is 3.63. The highest BCUT2D eigenvalue weighted by Gasteiger charge is 2.20. The summed E-state index contributed by atoms with van der Waals surface area (Å²) in [6.07, 6.45) is 2.04. The molecule has 0 aliphatic carbocycles. The molecule has 0 saturated heterocycles. The molecular formula is C18H20N2O. The maximum atomic E-state index is 12.8. The van der Waals surface area contributed by atoms with E-state index in [1.54, 1.807) is 4.90 Å². The number of benzene rings is 2. The first-order chi connectivity index (χ1) is 10.2. The number of nitrogens with one attached hydrogen (secondary N) is 1. The van der Waals surface area contributed by atoms with Gasteiger partial charge in [0.2, 0.25) is 0 Å². The molecule has 1 N–H and O–H groups in total. The van der Waals surface area contributed by atoms with Crippen LogP contribution in [-0.2, 0) is 6.42 Å². The van der Waals surface area contributed by atoms with Crippen molar-refractivity contribution in [2.24, 2.45) is 0 Å². The van der Waals surface area contributed by atoms with Gasteiger partial charge in [0.05, 0.1) is 0 Å². The second-order valence-electron chi connectivity index (χ2n) is 5.57. The van der Waals surface area contributed by atoms with Crippen LogP contribution in [0.15, 0.2) is 42.5 Å². The normalized spacial score (nSPS) is 13.2. The zero-order chi connectivity index (χ0) is 14.8. The van der Waals surface area contributed by atoms with Gasteiger partial charge >= 0.3 is 0 Å². The van der Waals surface area contributed by atoms with Gasteiger partial charge in [-0.1, -0.05) is 18.2 Å². The average Bonchev–Trinajstić information content (AvgIpc) is 2.53. The van der Waals surface area contributed by atoms with Gasteiger partial charge in [0.15, 0.2) is 0 Å². The highest BCUT2D eigenvalue weighted by atomic mass is 16.2. The molecule has 0 radical (unpaired) electrons. The molecule has 0 spiro atoms. The van der Waals surface area contributed by atoms with Crippen molar-refractivity contribution in [1.82, 2.24) is 0 Å². The first kappa shape index (κ1) is 13.7. The second kappa shape index (κ2) is 5.60. The summed E-state index contributed by atoms with van der Waals surface area (Å²) in [6, 6.07) is 14.0. The van der Waals surface area contributed by atoms with Crippen molar-refractivity contribution < 1.29 is 4.79 Å². The molecular weight excluding hydrogens is 260 g/mol. The molecule has 21 heavy (non-hydrogen) atoms. The van der Waals surface area contributed by atoms with Gasteiger partial charge in [-0.2, -0.15) is 0 Å². The number of hydrogen-bond donors (Lipinski definition) is 1. The predicted molar refractivity (Wildman–Crippen MR) is 87.2 cm³/mol. The molecule has 2 aromatic carbocycles. The number of rotatable bonds is 2. The van der Waals surface area contributed by atoms with E-state index >= 15 is 0 Å². The lowest BCUT2D eigenvalue weighted by atomic mass is 9.96. The minimum absolute atomic E-state index is 0.0566. The molecule has 3 nitrogen and oxygen atoms in total. The zero-order valence-corrected chi connectivity index (χ0v) is 12.5. The minimum atomic E-state index is 0.0566. The number of carbonyl (C=O) groups excluding carboxylic acids is 1. The van der Waals surface area contributed by atoms with E-state index in [2.05, 4.69) is 11.4 Å². The molecule has 3 heteroatoms. The first-order valence-corrected chi connectivity index (χ1v) is 7.37. The van der Waals surface area contributed by atoms with E-state index in [-0.39, 0.29) is 5.91 Å². The average molecular weight is 280 g/mol. The van der Waals surface area contributed by atoms with Crippen LogP contribution in [0.1, 0.15) is 27.9 Å². The molecule has 0 atom stereocenters. The Labute approximate surface area is 125 Å². The lowest BCUT2D eigenvalue weighted by Gasteiger charge is -2.24. The summed E-state index contributed by atoms with van der Waals surface area (Å²) in [4.78, 5) is 14.6. The zero-order valence-electron chi connectivity index (χ0n) is 12.5. The monoisotopic (exact) mass is 280 g/mol. The molecule has 2 aromatic rings. The van der Waals surface area contributed by atoms with Gasteiger partial charge < -0.3 is 10.2 Å². The number of amides is 1. The Hall–Kier alpha value is -2.29. The minimum Gasteiger partial charge on any atom is -0.385 e. The molecule has 0 bridgehead atoms. The van der Waals surface area contributed by atoms with Gasteiger partial charge in [0.1, 0.15) is 0 Å². The summed E-state index contributed by atoms with van der Waals surface area (Å²) in [6.45, 7) is 3.02. The third kappa shape index (κ3) is 2.64. The fourth-order valence-electron chi connectivity index (χ4n) is 2.84. The number of anilines is 2. The standard InChI is InChI=1S/C18H20N2O/c1-13-6-3-7-14(12-13)20(2)18(21)16-8-4-10-17-15(16)9-5-11-19-17/h3-4,6-8,10,12,19H,5,9,11H2,1-2H3. The number of carbonyl (C=O) groups is 1. The summed E-state index contributed by atoms with van der Waals surface area (Å²) in [7, 11) is 1.84. The Kier molecular flexibility index (Phi) is 3.65. The molecule has 1 aliphatic rings. The van der Waals surface area contributed by atoms with Gasteiger partial charge in [-0.25, -0.2) is 0 Å². The van der Waals surface area contributed by atoms with Crippen LogP contribution in [0.25, 0.3) is 0 Å². The fraction of sp³-hybridized carbons (Fsp3) is 0.278. The Morgan fingerprint density at radius 3 is 2.81 bits per heavy atom. The van der Waals surface area contributed by atoms with Crippen LogP contribution >= 0.6 is 0 Å². The van der Waals surface area contributed by atoms with Crippen molar-refractivity contribution in [3.05, 3.63) is 59.2 Å². The molecule has 0 fully saturated rings. The molecule has 1 heterocycles. The summed E-state index contributed by atoms with van der Waals surface area (Å²) in [5.41, 5.74) is 5.15. The van der Waals surface area contributed by atoms with E-state index in [0.717, 1.165) is 47.5 Å². The lowest BCUT2D eigenvalue weighted by molar-refractivity contribution is 0.0992. The second-order valence-corrected chi connectivity index (χ2v) is 5.57. The van der Waals surface area contributed by atoms with Crippen LogP contribution in [0.2, 0.25) is 0 Å². The van der Waals surface area contributed by atoms with Crippen LogP contribution in [0.3, 0.4) is 0 Å². The lowest BCUT2D eigenvalue weighted by Crippen LogP contribution is -2.28. The maximum Gasteiger partial charge on any atom is 0.258 e. The van der Waals surface area contributed by atoms with Gasteiger partial charge in [0, 0.05) is 30.5 Å². The Balaban J connectivity index is 1.95. The van der Waals surface area contributed by atoms with Crippen molar-refractivity contribution in [1.29, 1.82) is 0 Å².